The molecule has 0 bridgehead atoms. The molecule has 0 saturated carbocycles. The molecule has 0 aliphatic rings. The van der Waals surface area contributed by atoms with Crippen molar-refractivity contribution in [2.45, 2.75) is 52.7 Å². The summed E-state index contributed by atoms with van der Waals surface area (Å²) in [5, 5.41) is 2.11. The lowest BCUT2D eigenvalue weighted by Crippen LogP contribution is -2.26. The Balaban J connectivity index is 2.05. The highest BCUT2D eigenvalue weighted by molar-refractivity contribution is 7.28. The molecule has 128 valence electrons. The zero-order valence-corrected chi connectivity index (χ0v) is 16.5. The average Bonchev–Trinajstić information content (AvgIpc) is 2.95. The standard InChI is InChI=1S/C18H22N2O2S2/c1-17(2,3)21-15-11(10-19-16(20-15)22-18(4,5)6)13-9-14-12(24-13)7-8-23-14/h7-10H,1-6H3. The number of thiophene rings is 2. The molecule has 0 unspecified atom stereocenters. The van der Waals surface area contributed by atoms with Crippen LogP contribution in [-0.4, -0.2) is 21.2 Å². The molecule has 0 N–H and O–H groups in total. The molecule has 0 amide bonds. The number of nitrogens with zero attached hydrogens (tertiary/aromatic N) is 2. The van der Waals surface area contributed by atoms with Gasteiger partial charge in [-0.2, -0.15) is 4.98 Å². The van der Waals surface area contributed by atoms with Crippen LogP contribution >= 0.6 is 22.7 Å². The lowest BCUT2D eigenvalue weighted by atomic mass is 10.2. The molecule has 0 saturated heterocycles. The topological polar surface area (TPSA) is 44.2 Å². The molecule has 0 fully saturated rings. The molecule has 0 aliphatic carbocycles. The van der Waals surface area contributed by atoms with Gasteiger partial charge in [0.15, 0.2) is 0 Å². The van der Waals surface area contributed by atoms with E-state index in [-0.39, 0.29) is 11.2 Å². The van der Waals surface area contributed by atoms with Crippen LogP contribution in [0.15, 0.2) is 23.7 Å². The molecule has 4 nitrogen and oxygen atoms in total. The summed E-state index contributed by atoms with van der Waals surface area (Å²) in [7, 11) is 0. The molecule has 0 spiro atoms. The quantitative estimate of drug-likeness (QED) is 0.593. The zero-order chi connectivity index (χ0) is 17.5. The van der Waals surface area contributed by atoms with Crippen LogP contribution < -0.4 is 9.47 Å². The van der Waals surface area contributed by atoms with Crippen molar-refractivity contribution in [2.24, 2.45) is 0 Å². The molecule has 3 heterocycles. The molecular formula is C18H22N2O2S2. The van der Waals surface area contributed by atoms with Crippen molar-refractivity contribution < 1.29 is 9.47 Å². The third kappa shape index (κ3) is 4.05. The van der Waals surface area contributed by atoms with Gasteiger partial charge in [0.2, 0.25) is 5.88 Å². The fraction of sp³-hybridized carbons (Fsp3) is 0.444. The van der Waals surface area contributed by atoms with Crippen molar-refractivity contribution in [3.8, 4) is 22.3 Å². The summed E-state index contributed by atoms with van der Waals surface area (Å²) < 4.78 is 14.4. The molecular weight excluding hydrogens is 340 g/mol. The van der Waals surface area contributed by atoms with Gasteiger partial charge < -0.3 is 9.47 Å². The Kier molecular flexibility index (Phi) is 4.30. The number of hydrogen-bond donors (Lipinski definition) is 0. The number of aromatic nitrogens is 2. The summed E-state index contributed by atoms with van der Waals surface area (Å²) in [5.41, 5.74) is 0.197. The first-order valence-electron chi connectivity index (χ1n) is 7.83. The average molecular weight is 363 g/mol. The van der Waals surface area contributed by atoms with Gasteiger partial charge in [0.25, 0.3) is 0 Å². The van der Waals surface area contributed by atoms with Gasteiger partial charge in [-0.05, 0) is 59.1 Å². The van der Waals surface area contributed by atoms with Crippen LogP contribution in [0.25, 0.3) is 19.8 Å². The Morgan fingerprint density at radius 2 is 1.67 bits per heavy atom. The minimum absolute atomic E-state index is 0.337. The van der Waals surface area contributed by atoms with Crippen molar-refractivity contribution >= 4 is 32.1 Å². The Morgan fingerprint density at radius 3 is 2.29 bits per heavy atom. The third-order valence-corrected chi connectivity index (χ3v) is 5.06. The van der Waals surface area contributed by atoms with Crippen LogP contribution in [-0.2, 0) is 0 Å². The van der Waals surface area contributed by atoms with E-state index in [1.54, 1.807) is 28.9 Å². The maximum absolute atomic E-state index is 6.09. The van der Waals surface area contributed by atoms with E-state index in [1.807, 2.05) is 41.5 Å². The van der Waals surface area contributed by atoms with Crippen LogP contribution in [0.3, 0.4) is 0 Å². The summed E-state index contributed by atoms with van der Waals surface area (Å²) in [4.78, 5) is 10.0. The van der Waals surface area contributed by atoms with Crippen LogP contribution in [0.5, 0.6) is 11.9 Å². The van der Waals surface area contributed by atoms with Gasteiger partial charge in [-0.3, -0.25) is 0 Å². The first-order chi connectivity index (χ1) is 11.1. The van der Waals surface area contributed by atoms with Crippen molar-refractivity contribution in [3.05, 3.63) is 23.7 Å². The Bertz CT molecular complexity index is 825. The molecule has 6 heteroatoms. The normalized spacial score (nSPS) is 12.6. The second-order valence-electron chi connectivity index (χ2n) is 7.56. The first kappa shape index (κ1) is 17.2. The summed E-state index contributed by atoms with van der Waals surface area (Å²) >= 11 is 3.46. The number of ether oxygens (including phenoxy) is 2. The maximum atomic E-state index is 6.09. The van der Waals surface area contributed by atoms with Crippen LogP contribution in [0.2, 0.25) is 0 Å². The van der Waals surface area contributed by atoms with E-state index in [4.69, 9.17) is 9.47 Å². The van der Waals surface area contributed by atoms with Crippen molar-refractivity contribution in [1.29, 1.82) is 0 Å². The smallest absolute Gasteiger partial charge is 0.320 e. The van der Waals surface area contributed by atoms with Crippen LogP contribution in [0, 0.1) is 0 Å². The van der Waals surface area contributed by atoms with Gasteiger partial charge in [0.05, 0.1) is 5.56 Å². The predicted octanol–water partition coefficient (Wildman–Crippen LogP) is 5.77. The van der Waals surface area contributed by atoms with E-state index in [2.05, 4.69) is 27.5 Å². The van der Waals surface area contributed by atoms with Gasteiger partial charge in [-0.1, -0.05) is 0 Å². The monoisotopic (exact) mass is 362 g/mol. The molecule has 0 aliphatic heterocycles. The van der Waals surface area contributed by atoms with Gasteiger partial charge in [0.1, 0.15) is 11.2 Å². The SMILES string of the molecule is CC(C)(C)Oc1ncc(-c2cc3sccc3s2)c(OC(C)(C)C)n1. The molecule has 0 radical (unpaired) electrons. The molecule has 24 heavy (non-hydrogen) atoms. The van der Waals surface area contributed by atoms with Crippen LogP contribution in [0.4, 0.5) is 0 Å². The summed E-state index contributed by atoms with van der Waals surface area (Å²) in [6, 6.07) is 4.64. The zero-order valence-electron chi connectivity index (χ0n) is 14.8. The van der Waals surface area contributed by atoms with E-state index >= 15 is 0 Å². The number of hydrogen-bond acceptors (Lipinski definition) is 6. The predicted molar refractivity (Wildman–Crippen MR) is 101 cm³/mol. The second kappa shape index (κ2) is 6.01. The maximum Gasteiger partial charge on any atom is 0.320 e. The van der Waals surface area contributed by atoms with E-state index in [0.717, 1.165) is 10.4 Å². The highest BCUT2D eigenvalue weighted by Crippen LogP contribution is 2.40. The Labute approximate surface area is 150 Å². The lowest BCUT2D eigenvalue weighted by molar-refractivity contribution is 0.103. The molecule has 0 atom stereocenters. The molecule has 3 rings (SSSR count). The summed E-state index contributed by atoms with van der Waals surface area (Å²) in [6.45, 7) is 12.0. The summed E-state index contributed by atoms with van der Waals surface area (Å²) in [6.07, 6.45) is 1.80. The van der Waals surface area contributed by atoms with Crippen molar-refractivity contribution in [1.82, 2.24) is 9.97 Å². The molecule has 3 aromatic rings. The number of fused-ring (bicyclic) bond motifs is 1. The van der Waals surface area contributed by atoms with E-state index in [1.165, 1.54) is 9.40 Å². The van der Waals surface area contributed by atoms with E-state index in [9.17, 15) is 0 Å². The largest absolute Gasteiger partial charge is 0.471 e. The van der Waals surface area contributed by atoms with Crippen molar-refractivity contribution in [2.75, 3.05) is 0 Å². The minimum Gasteiger partial charge on any atom is -0.471 e. The van der Waals surface area contributed by atoms with Gasteiger partial charge in [-0.25, -0.2) is 4.98 Å². The van der Waals surface area contributed by atoms with E-state index in [0.29, 0.717) is 11.9 Å². The Hall–Kier alpha value is -1.66. The van der Waals surface area contributed by atoms with Crippen molar-refractivity contribution in [3.63, 3.8) is 0 Å². The molecule has 0 aromatic carbocycles. The fourth-order valence-corrected chi connectivity index (χ4v) is 4.22. The second-order valence-corrected chi connectivity index (χ2v) is 9.59. The van der Waals surface area contributed by atoms with Gasteiger partial charge in [0, 0.05) is 20.5 Å². The third-order valence-electron chi connectivity index (χ3n) is 2.94. The number of rotatable bonds is 3. The van der Waals surface area contributed by atoms with Gasteiger partial charge >= 0.3 is 6.01 Å². The Morgan fingerprint density at radius 1 is 0.958 bits per heavy atom. The first-order valence-corrected chi connectivity index (χ1v) is 9.53. The lowest BCUT2D eigenvalue weighted by Gasteiger charge is -2.23. The highest BCUT2D eigenvalue weighted by atomic mass is 32.1. The van der Waals surface area contributed by atoms with E-state index < -0.39 is 0 Å². The minimum atomic E-state index is -0.355. The highest BCUT2D eigenvalue weighted by Gasteiger charge is 2.22. The fourth-order valence-electron chi connectivity index (χ4n) is 2.11. The van der Waals surface area contributed by atoms with Crippen LogP contribution in [0.1, 0.15) is 41.5 Å². The summed E-state index contributed by atoms with van der Waals surface area (Å²) in [5.74, 6) is 0.561. The van der Waals surface area contributed by atoms with Gasteiger partial charge in [-0.15, -0.1) is 22.7 Å². The molecule has 3 aromatic heterocycles.